The largest absolute Gasteiger partial charge is 0.424 e. The van der Waals surface area contributed by atoms with Gasteiger partial charge in [0.1, 0.15) is 0 Å². The van der Waals surface area contributed by atoms with Crippen LogP contribution >= 0.6 is 0 Å². The van der Waals surface area contributed by atoms with Crippen molar-refractivity contribution in [1.29, 1.82) is 0 Å². The van der Waals surface area contributed by atoms with Crippen LogP contribution in [0.25, 0.3) is 0 Å². The van der Waals surface area contributed by atoms with Gasteiger partial charge in [0.15, 0.2) is 0 Å². The number of aryl methyl sites for hydroxylation is 2. The van der Waals surface area contributed by atoms with Gasteiger partial charge < -0.3 is 20.9 Å². The van der Waals surface area contributed by atoms with E-state index in [2.05, 4.69) is 0 Å². The highest BCUT2D eigenvalue weighted by Gasteiger charge is 2.15. The summed E-state index contributed by atoms with van der Waals surface area (Å²) in [6.45, 7) is 3.05. The molecule has 6 heteroatoms. The quantitative estimate of drug-likeness (QED) is 0.510. The summed E-state index contributed by atoms with van der Waals surface area (Å²) in [6, 6.07) is 10.1. The molecule has 23 heavy (non-hydrogen) atoms. The molecule has 0 unspecified atom stereocenters. The van der Waals surface area contributed by atoms with Gasteiger partial charge in [0, 0.05) is 11.4 Å². The lowest BCUT2D eigenvalue weighted by Crippen LogP contribution is -2.15. The van der Waals surface area contributed by atoms with E-state index in [1.807, 2.05) is 0 Å². The van der Waals surface area contributed by atoms with Crippen LogP contribution in [0.5, 0.6) is 0 Å². The first-order valence-corrected chi connectivity index (χ1v) is 6.96. The third-order valence-corrected chi connectivity index (χ3v) is 3.47. The molecule has 0 aromatic heterocycles. The van der Waals surface area contributed by atoms with Gasteiger partial charge in [-0.25, -0.2) is 9.59 Å². The van der Waals surface area contributed by atoms with Crippen LogP contribution in [0.2, 0.25) is 0 Å². The fraction of sp³-hybridized carbons (Fsp3) is 0.176. The molecule has 2 rings (SSSR count). The van der Waals surface area contributed by atoms with Crippen molar-refractivity contribution in [2.24, 2.45) is 0 Å². The molecule has 2 aromatic rings. The number of rotatable bonds is 4. The number of hydrogen-bond acceptors (Lipinski definition) is 6. The number of anilines is 2. The van der Waals surface area contributed by atoms with Gasteiger partial charge >= 0.3 is 11.9 Å². The fourth-order valence-electron chi connectivity index (χ4n) is 2.01. The lowest BCUT2D eigenvalue weighted by molar-refractivity contribution is -0.0165. The summed E-state index contributed by atoms with van der Waals surface area (Å²) in [6.07, 6.45) is 0. The average molecular weight is 314 g/mol. The molecular formula is C17H18N2O4. The maximum atomic E-state index is 11.9. The van der Waals surface area contributed by atoms with E-state index < -0.39 is 18.7 Å². The van der Waals surface area contributed by atoms with E-state index in [4.69, 9.17) is 20.9 Å². The van der Waals surface area contributed by atoms with Crippen molar-refractivity contribution in [2.45, 2.75) is 13.8 Å². The van der Waals surface area contributed by atoms with E-state index >= 15 is 0 Å². The highest BCUT2D eigenvalue weighted by Crippen LogP contribution is 2.19. The molecule has 0 fully saturated rings. The third-order valence-electron chi connectivity index (χ3n) is 3.47. The minimum absolute atomic E-state index is 0.233. The van der Waals surface area contributed by atoms with Gasteiger partial charge in [-0.15, -0.1) is 0 Å². The summed E-state index contributed by atoms with van der Waals surface area (Å²) in [5, 5.41) is 0. The summed E-state index contributed by atoms with van der Waals surface area (Å²) in [7, 11) is 0. The maximum Gasteiger partial charge on any atom is 0.343 e. The molecule has 0 heterocycles. The van der Waals surface area contributed by atoms with Crippen molar-refractivity contribution in [2.75, 3.05) is 18.3 Å². The van der Waals surface area contributed by atoms with Crippen molar-refractivity contribution in [3.05, 3.63) is 58.7 Å². The number of nitrogens with two attached hydrogens (primary N) is 2. The Morgan fingerprint density at radius 1 is 0.826 bits per heavy atom. The molecule has 0 aliphatic rings. The summed E-state index contributed by atoms with van der Waals surface area (Å²) in [4.78, 5) is 23.9. The van der Waals surface area contributed by atoms with Gasteiger partial charge in [-0.3, -0.25) is 0 Å². The fourth-order valence-corrected chi connectivity index (χ4v) is 2.01. The Kier molecular flexibility index (Phi) is 4.85. The number of hydrogen-bond donors (Lipinski definition) is 2. The first-order chi connectivity index (χ1) is 10.9. The second-order valence-electron chi connectivity index (χ2n) is 5.05. The van der Waals surface area contributed by atoms with Crippen molar-refractivity contribution in [3.8, 4) is 0 Å². The van der Waals surface area contributed by atoms with Crippen molar-refractivity contribution < 1.29 is 19.1 Å². The molecule has 120 valence electrons. The summed E-state index contributed by atoms with van der Waals surface area (Å²) < 4.78 is 9.85. The number of carbonyl (C=O) groups excluding carboxylic acids is 2. The van der Waals surface area contributed by atoms with E-state index in [0.29, 0.717) is 11.4 Å². The third kappa shape index (κ3) is 3.60. The second kappa shape index (κ2) is 6.83. The average Bonchev–Trinajstić information content (AvgIpc) is 2.52. The van der Waals surface area contributed by atoms with Gasteiger partial charge in [-0.1, -0.05) is 24.3 Å². The van der Waals surface area contributed by atoms with Gasteiger partial charge in [0.2, 0.25) is 6.79 Å². The number of carbonyl (C=O) groups is 2. The number of nitrogen functional groups attached to an aromatic ring is 2. The zero-order valence-corrected chi connectivity index (χ0v) is 13.0. The van der Waals surface area contributed by atoms with E-state index in [1.165, 1.54) is 0 Å². The monoisotopic (exact) mass is 314 g/mol. The first-order valence-electron chi connectivity index (χ1n) is 6.96. The van der Waals surface area contributed by atoms with Crippen LogP contribution in [-0.2, 0) is 9.47 Å². The predicted octanol–water partition coefficient (Wildman–Crippen LogP) is 2.44. The minimum atomic E-state index is -0.656. The van der Waals surface area contributed by atoms with Crippen LogP contribution in [0.15, 0.2) is 36.4 Å². The molecule has 2 aromatic carbocycles. The number of para-hydroxylation sites is 2. The topological polar surface area (TPSA) is 105 Å². The van der Waals surface area contributed by atoms with E-state index in [1.54, 1.807) is 50.2 Å². The van der Waals surface area contributed by atoms with E-state index in [9.17, 15) is 9.59 Å². The van der Waals surface area contributed by atoms with Crippen LogP contribution < -0.4 is 11.5 Å². The highest BCUT2D eigenvalue weighted by molar-refractivity contribution is 5.97. The summed E-state index contributed by atoms with van der Waals surface area (Å²) in [5.41, 5.74) is 14.3. The Morgan fingerprint density at radius 2 is 1.22 bits per heavy atom. The standard InChI is InChI=1S/C17H18N2O4/c1-10-5-3-7-12(14(10)18)16(20)22-9-23-17(21)13-8-4-6-11(2)15(13)19/h3-8H,9,18-19H2,1-2H3. The van der Waals surface area contributed by atoms with Crippen LogP contribution in [0.1, 0.15) is 31.8 Å². The Balaban J connectivity index is 1.97. The van der Waals surface area contributed by atoms with Crippen molar-refractivity contribution >= 4 is 23.3 Å². The molecule has 0 saturated heterocycles. The van der Waals surface area contributed by atoms with Crippen LogP contribution in [0.3, 0.4) is 0 Å². The highest BCUT2D eigenvalue weighted by atomic mass is 16.7. The van der Waals surface area contributed by atoms with Gasteiger partial charge in [-0.05, 0) is 37.1 Å². The number of esters is 2. The molecule has 0 radical (unpaired) electrons. The Morgan fingerprint density at radius 3 is 1.61 bits per heavy atom. The molecule has 0 atom stereocenters. The minimum Gasteiger partial charge on any atom is -0.424 e. The molecule has 6 nitrogen and oxygen atoms in total. The molecule has 0 aliphatic heterocycles. The Labute approximate surface area is 134 Å². The number of benzene rings is 2. The zero-order chi connectivity index (χ0) is 17.0. The van der Waals surface area contributed by atoms with Crippen molar-refractivity contribution in [1.82, 2.24) is 0 Å². The molecular weight excluding hydrogens is 296 g/mol. The molecule has 0 bridgehead atoms. The second-order valence-corrected chi connectivity index (χ2v) is 5.05. The summed E-state index contributed by atoms with van der Waals surface area (Å²) >= 11 is 0. The molecule has 0 saturated carbocycles. The first kappa shape index (κ1) is 16.4. The number of ether oxygens (including phenoxy) is 2. The molecule has 0 aliphatic carbocycles. The maximum absolute atomic E-state index is 11.9. The van der Waals surface area contributed by atoms with Gasteiger partial charge in [0.25, 0.3) is 0 Å². The lowest BCUT2D eigenvalue weighted by Gasteiger charge is -2.10. The molecule has 0 spiro atoms. The SMILES string of the molecule is Cc1cccc(C(=O)OCOC(=O)c2cccc(C)c2N)c1N. The zero-order valence-electron chi connectivity index (χ0n) is 13.0. The Hall–Kier alpha value is -3.02. The predicted molar refractivity (Wildman–Crippen MR) is 86.9 cm³/mol. The van der Waals surface area contributed by atoms with Crippen LogP contribution in [-0.4, -0.2) is 18.7 Å². The normalized spacial score (nSPS) is 10.2. The molecule has 0 amide bonds. The lowest BCUT2D eigenvalue weighted by atomic mass is 10.1. The Bertz CT molecular complexity index is 693. The summed E-state index contributed by atoms with van der Waals surface area (Å²) in [5.74, 6) is -1.31. The van der Waals surface area contributed by atoms with Gasteiger partial charge in [0.05, 0.1) is 11.1 Å². The molecule has 4 N–H and O–H groups in total. The van der Waals surface area contributed by atoms with Crippen molar-refractivity contribution in [3.63, 3.8) is 0 Å². The van der Waals surface area contributed by atoms with Crippen LogP contribution in [0, 0.1) is 13.8 Å². The van der Waals surface area contributed by atoms with Crippen LogP contribution in [0.4, 0.5) is 11.4 Å². The van der Waals surface area contributed by atoms with E-state index in [0.717, 1.165) is 11.1 Å². The van der Waals surface area contributed by atoms with E-state index in [-0.39, 0.29) is 11.1 Å². The van der Waals surface area contributed by atoms with Gasteiger partial charge in [-0.2, -0.15) is 0 Å². The smallest absolute Gasteiger partial charge is 0.343 e.